The molecule has 3 aromatic heterocycles. The average Bonchev–Trinajstić information content (AvgIpc) is 3.87. The standard InChI is InChI=1S/C48H39N3O3/c1-49(2)34-19-10-28(11-20-34)7-16-31-25-37-40-43-41-38(52-46(31)43)26-32(17-8-29-12-21-35(22-13-29)50(3)4)48-45(41)42-39(54-48)27-33(47(53-37)44(40)42)18-9-30-14-23-36(24-15-30)51(5)6/h7-27H,1-6H3/b16-7+,17-8+,18-9+. The van der Waals surface area contributed by atoms with E-state index in [0.29, 0.717) is 0 Å². The summed E-state index contributed by atoms with van der Waals surface area (Å²) in [6.07, 6.45) is 12.9. The number of furan rings is 3. The maximum absolute atomic E-state index is 6.88. The van der Waals surface area contributed by atoms with Gasteiger partial charge in [-0.25, -0.2) is 0 Å². The predicted molar refractivity (Wildman–Crippen MR) is 231 cm³/mol. The molecular weight excluding hydrogens is 667 g/mol. The van der Waals surface area contributed by atoms with Crippen molar-refractivity contribution in [2.75, 3.05) is 57.0 Å². The Bertz CT molecular complexity index is 2680. The first-order valence-electron chi connectivity index (χ1n) is 18.3. The van der Waals surface area contributed by atoms with Crippen LogP contribution in [0.25, 0.3) is 102 Å². The Balaban J connectivity index is 1.19. The van der Waals surface area contributed by atoms with Crippen LogP contribution in [0.1, 0.15) is 33.4 Å². The molecule has 6 heteroatoms. The fraction of sp³-hybridized carbons (Fsp3) is 0.125. The molecule has 264 valence electrons. The van der Waals surface area contributed by atoms with Crippen LogP contribution in [0, 0.1) is 0 Å². The van der Waals surface area contributed by atoms with Gasteiger partial charge >= 0.3 is 0 Å². The highest BCUT2D eigenvalue weighted by atomic mass is 16.3. The summed E-state index contributed by atoms with van der Waals surface area (Å²) in [6, 6.07) is 32.0. The Hall–Kier alpha value is -6.66. The average molecular weight is 706 g/mol. The van der Waals surface area contributed by atoms with E-state index in [1.807, 2.05) is 0 Å². The number of nitrogens with zero attached hydrogens (tertiary/aromatic N) is 3. The van der Waals surface area contributed by atoms with Gasteiger partial charge in [0.15, 0.2) is 0 Å². The summed E-state index contributed by atoms with van der Waals surface area (Å²) < 4.78 is 20.6. The molecule has 0 atom stereocenters. The molecule has 10 aromatic rings. The summed E-state index contributed by atoms with van der Waals surface area (Å²) in [7, 11) is 12.3. The first-order valence-corrected chi connectivity index (χ1v) is 18.3. The molecule has 7 aromatic carbocycles. The predicted octanol–water partition coefficient (Wildman–Crippen LogP) is 12.4. The second-order valence-electron chi connectivity index (χ2n) is 14.9. The summed E-state index contributed by atoms with van der Waals surface area (Å²) in [5.74, 6) is 0. The molecule has 0 spiro atoms. The zero-order chi connectivity index (χ0) is 36.8. The summed E-state index contributed by atoms with van der Waals surface area (Å²) in [5.41, 5.74) is 14.8. The van der Waals surface area contributed by atoms with E-state index in [9.17, 15) is 0 Å². The topological polar surface area (TPSA) is 49.1 Å². The highest BCUT2D eigenvalue weighted by molar-refractivity contribution is 6.44. The van der Waals surface area contributed by atoms with Crippen molar-refractivity contribution >= 4 is 119 Å². The minimum atomic E-state index is 0.838. The molecule has 3 heterocycles. The highest BCUT2D eigenvalue weighted by Crippen LogP contribution is 2.54. The smallest absolute Gasteiger partial charge is 0.143 e. The van der Waals surface area contributed by atoms with Gasteiger partial charge in [-0.2, -0.15) is 0 Å². The van der Waals surface area contributed by atoms with E-state index in [4.69, 9.17) is 13.3 Å². The van der Waals surface area contributed by atoms with Gasteiger partial charge in [0, 0.05) is 108 Å². The molecule has 0 bridgehead atoms. The van der Waals surface area contributed by atoms with Gasteiger partial charge in [0.2, 0.25) is 0 Å². The Morgan fingerprint density at radius 3 is 0.833 bits per heavy atom. The zero-order valence-corrected chi connectivity index (χ0v) is 31.2. The van der Waals surface area contributed by atoms with Crippen molar-refractivity contribution in [3.05, 3.63) is 124 Å². The molecule has 6 nitrogen and oxygen atoms in total. The molecule has 0 aliphatic rings. The molecule has 10 rings (SSSR count). The molecule has 54 heavy (non-hydrogen) atoms. The number of anilines is 3. The number of hydrogen-bond acceptors (Lipinski definition) is 6. The number of benzene rings is 7. The van der Waals surface area contributed by atoms with Gasteiger partial charge in [-0.1, -0.05) is 72.9 Å². The summed E-state index contributed by atoms with van der Waals surface area (Å²) in [4.78, 5) is 6.32. The van der Waals surface area contributed by atoms with Crippen molar-refractivity contribution in [1.82, 2.24) is 0 Å². The van der Waals surface area contributed by atoms with Crippen LogP contribution in [0.15, 0.2) is 104 Å². The summed E-state index contributed by atoms with van der Waals surface area (Å²) in [5, 5.41) is 6.50. The van der Waals surface area contributed by atoms with E-state index >= 15 is 0 Å². The normalized spacial score (nSPS) is 12.8. The molecule has 0 N–H and O–H groups in total. The molecule has 0 aliphatic carbocycles. The fourth-order valence-electron chi connectivity index (χ4n) is 7.92. The van der Waals surface area contributed by atoms with Crippen LogP contribution in [0.5, 0.6) is 0 Å². The van der Waals surface area contributed by atoms with Crippen LogP contribution < -0.4 is 14.7 Å². The quantitative estimate of drug-likeness (QED) is 0.110. The molecule has 0 saturated heterocycles. The van der Waals surface area contributed by atoms with Gasteiger partial charge in [-0.15, -0.1) is 0 Å². The zero-order valence-electron chi connectivity index (χ0n) is 31.2. The third-order valence-corrected chi connectivity index (χ3v) is 10.8. The number of rotatable bonds is 9. The van der Waals surface area contributed by atoms with Gasteiger partial charge in [0.25, 0.3) is 0 Å². The second-order valence-corrected chi connectivity index (χ2v) is 14.9. The summed E-state index contributed by atoms with van der Waals surface area (Å²) in [6.45, 7) is 0. The Kier molecular flexibility index (Phi) is 7.08. The van der Waals surface area contributed by atoms with E-state index in [1.54, 1.807) is 0 Å². The van der Waals surface area contributed by atoms with Crippen LogP contribution in [0.3, 0.4) is 0 Å². The molecular formula is C48H39N3O3. The van der Waals surface area contributed by atoms with Crippen molar-refractivity contribution in [3.8, 4) is 0 Å². The Morgan fingerprint density at radius 2 is 0.593 bits per heavy atom. The third-order valence-electron chi connectivity index (χ3n) is 10.8. The van der Waals surface area contributed by atoms with Crippen molar-refractivity contribution < 1.29 is 13.3 Å². The summed E-state index contributed by atoms with van der Waals surface area (Å²) >= 11 is 0. The molecule has 0 radical (unpaired) electrons. The highest BCUT2D eigenvalue weighted by Gasteiger charge is 2.30. The van der Waals surface area contributed by atoms with Crippen molar-refractivity contribution in [2.45, 2.75) is 0 Å². The van der Waals surface area contributed by atoms with Gasteiger partial charge in [0.05, 0.1) is 0 Å². The van der Waals surface area contributed by atoms with Gasteiger partial charge in [-0.05, 0) is 71.3 Å². The van der Waals surface area contributed by atoms with Crippen LogP contribution >= 0.6 is 0 Å². The van der Waals surface area contributed by atoms with Crippen molar-refractivity contribution in [3.63, 3.8) is 0 Å². The fourth-order valence-corrected chi connectivity index (χ4v) is 7.92. The SMILES string of the molecule is CN(C)c1ccc(/C=C/c2cc3oc4c(/C=C/c5ccc(N(C)C)cc5)cc5oc6c(/C=C/c7ccc(N(C)C)cc7)cc7oc2c2c7c6c5c4c32)cc1. The first-order chi connectivity index (χ1) is 26.2. The maximum Gasteiger partial charge on any atom is 0.143 e. The van der Waals surface area contributed by atoms with E-state index in [0.717, 1.165) is 116 Å². The Morgan fingerprint density at radius 1 is 0.333 bits per heavy atom. The molecule has 0 fully saturated rings. The lowest BCUT2D eigenvalue weighted by Gasteiger charge is -2.11. The first kappa shape index (κ1) is 32.0. The third kappa shape index (κ3) is 4.94. The van der Waals surface area contributed by atoms with Gasteiger partial charge in [-0.3, -0.25) is 0 Å². The largest absolute Gasteiger partial charge is 0.455 e. The minimum absolute atomic E-state index is 0.838. The Labute approximate surface area is 313 Å². The molecule has 0 unspecified atom stereocenters. The van der Waals surface area contributed by atoms with Crippen molar-refractivity contribution in [1.29, 1.82) is 0 Å². The lowest BCUT2D eigenvalue weighted by molar-refractivity contribution is 0.662. The molecule has 0 saturated carbocycles. The van der Waals surface area contributed by atoms with Crippen LogP contribution in [-0.2, 0) is 0 Å². The van der Waals surface area contributed by atoms with Crippen LogP contribution in [0.4, 0.5) is 17.1 Å². The second kappa shape index (κ2) is 11.9. The number of hydrogen-bond donors (Lipinski definition) is 0. The lowest BCUT2D eigenvalue weighted by Crippen LogP contribution is -2.07. The van der Waals surface area contributed by atoms with E-state index < -0.39 is 0 Å². The molecule has 0 aliphatic heterocycles. The molecule has 0 amide bonds. The minimum Gasteiger partial charge on any atom is -0.455 e. The van der Waals surface area contributed by atoms with E-state index in [-0.39, 0.29) is 0 Å². The van der Waals surface area contributed by atoms with Crippen molar-refractivity contribution in [2.24, 2.45) is 0 Å². The lowest BCUT2D eigenvalue weighted by atomic mass is 9.91. The van der Waals surface area contributed by atoms with E-state index in [1.165, 1.54) is 0 Å². The van der Waals surface area contributed by atoms with Crippen LogP contribution in [0.2, 0.25) is 0 Å². The van der Waals surface area contributed by atoms with E-state index in [2.05, 4.69) is 184 Å². The van der Waals surface area contributed by atoms with Crippen LogP contribution in [-0.4, -0.2) is 42.3 Å². The van der Waals surface area contributed by atoms with Gasteiger partial charge < -0.3 is 28.0 Å². The monoisotopic (exact) mass is 705 g/mol. The van der Waals surface area contributed by atoms with Gasteiger partial charge in [0.1, 0.15) is 33.5 Å². The maximum atomic E-state index is 6.88.